The van der Waals surface area contributed by atoms with E-state index in [0.717, 1.165) is 11.3 Å². The van der Waals surface area contributed by atoms with Crippen LogP contribution in [0.3, 0.4) is 0 Å². The Morgan fingerprint density at radius 1 is 1.16 bits per heavy atom. The van der Waals surface area contributed by atoms with Gasteiger partial charge < -0.3 is 25.0 Å². The second-order valence-electron chi connectivity index (χ2n) is 6.95. The smallest absolute Gasteiger partial charge is 0.206 e. The average molecular weight is 425 g/mol. The first-order valence-electron chi connectivity index (χ1n) is 9.45. The summed E-state index contributed by atoms with van der Waals surface area (Å²) >= 11 is 0. The molecule has 1 saturated heterocycles. The molecule has 4 N–H and O–H groups in total. The van der Waals surface area contributed by atoms with Gasteiger partial charge in [0.05, 0.1) is 13.4 Å². The van der Waals surface area contributed by atoms with Gasteiger partial charge in [-0.2, -0.15) is 5.21 Å². The molecule has 160 valence electrons. The van der Waals surface area contributed by atoms with Gasteiger partial charge in [0, 0.05) is 6.54 Å². The molecule has 13 nitrogen and oxygen atoms in total. The van der Waals surface area contributed by atoms with Crippen molar-refractivity contribution in [3.05, 3.63) is 48.3 Å². The molecule has 3 aromatic heterocycles. The summed E-state index contributed by atoms with van der Waals surface area (Å²) in [5.41, 5.74) is 1.98. The minimum atomic E-state index is -1.24. The van der Waals surface area contributed by atoms with Gasteiger partial charge in [-0.05, 0) is 17.7 Å². The molecule has 1 aromatic carbocycles. The van der Waals surface area contributed by atoms with Crippen molar-refractivity contribution in [2.24, 2.45) is 0 Å². The minimum Gasteiger partial charge on any atom is -0.497 e. The van der Waals surface area contributed by atoms with Crippen molar-refractivity contribution in [3.8, 4) is 5.75 Å². The second-order valence-corrected chi connectivity index (χ2v) is 6.95. The van der Waals surface area contributed by atoms with Crippen LogP contribution in [-0.4, -0.2) is 69.7 Å². The number of imidazole rings is 1. The predicted molar refractivity (Wildman–Crippen MR) is 105 cm³/mol. The van der Waals surface area contributed by atoms with Gasteiger partial charge in [-0.15, -0.1) is 10.2 Å². The Labute approximate surface area is 175 Å². The molecule has 0 saturated carbocycles. The van der Waals surface area contributed by atoms with E-state index < -0.39 is 24.5 Å². The van der Waals surface area contributed by atoms with E-state index in [1.54, 1.807) is 11.7 Å². The molecular weight excluding hydrogens is 406 g/mol. The highest BCUT2D eigenvalue weighted by atomic mass is 16.6. The summed E-state index contributed by atoms with van der Waals surface area (Å²) in [5, 5.41) is 37.6. The summed E-state index contributed by atoms with van der Waals surface area (Å²) in [6.45, 7) is 0.518. The molecule has 13 heteroatoms. The van der Waals surface area contributed by atoms with Crippen LogP contribution in [-0.2, 0) is 11.3 Å². The van der Waals surface area contributed by atoms with E-state index >= 15 is 0 Å². The predicted octanol–water partition coefficient (Wildman–Crippen LogP) is -0.0480. The van der Waals surface area contributed by atoms with E-state index in [1.165, 1.54) is 12.7 Å². The lowest BCUT2D eigenvalue weighted by atomic mass is 10.1. The highest BCUT2D eigenvalue weighted by molar-refractivity contribution is 5.82. The van der Waals surface area contributed by atoms with Crippen molar-refractivity contribution < 1.29 is 19.7 Å². The zero-order chi connectivity index (χ0) is 21.4. The van der Waals surface area contributed by atoms with Crippen molar-refractivity contribution >= 4 is 17.0 Å². The number of anilines is 1. The van der Waals surface area contributed by atoms with Crippen LogP contribution in [0.4, 0.5) is 5.82 Å². The van der Waals surface area contributed by atoms with Crippen LogP contribution in [0.2, 0.25) is 0 Å². The third-order valence-electron chi connectivity index (χ3n) is 5.11. The molecule has 4 aromatic rings. The third-order valence-corrected chi connectivity index (χ3v) is 5.11. The van der Waals surface area contributed by atoms with Crippen molar-refractivity contribution in [2.45, 2.75) is 31.1 Å². The maximum atomic E-state index is 10.5. The van der Waals surface area contributed by atoms with Gasteiger partial charge in [0.15, 0.2) is 29.3 Å². The van der Waals surface area contributed by atoms with Crippen molar-refractivity contribution in [1.82, 2.24) is 40.1 Å². The highest BCUT2D eigenvalue weighted by Gasteiger charge is 2.47. The van der Waals surface area contributed by atoms with E-state index in [9.17, 15) is 10.2 Å². The number of nitrogens with one attached hydrogen (secondary N) is 2. The summed E-state index contributed by atoms with van der Waals surface area (Å²) in [7, 11) is 1.62. The van der Waals surface area contributed by atoms with Crippen LogP contribution in [0.25, 0.3) is 11.2 Å². The van der Waals surface area contributed by atoms with Crippen molar-refractivity contribution in [3.63, 3.8) is 0 Å². The van der Waals surface area contributed by atoms with Gasteiger partial charge in [0.2, 0.25) is 5.82 Å². The first kappa shape index (κ1) is 19.3. The van der Waals surface area contributed by atoms with Crippen LogP contribution in [0.15, 0.2) is 36.9 Å². The molecule has 0 amide bonds. The van der Waals surface area contributed by atoms with Crippen LogP contribution >= 0.6 is 0 Å². The fourth-order valence-corrected chi connectivity index (χ4v) is 3.49. The van der Waals surface area contributed by atoms with Crippen molar-refractivity contribution in [1.29, 1.82) is 0 Å². The lowest BCUT2D eigenvalue weighted by Crippen LogP contribution is -2.29. The van der Waals surface area contributed by atoms with Gasteiger partial charge in [0.25, 0.3) is 0 Å². The molecule has 4 unspecified atom stereocenters. The molecule has 31 heavy (non-hydrogen) atoms. The third kappa shape index (κ3) is 3.43. The summed E-state index contributed by atoms with van der Waals surface area (Å²) in [6.07, 6.45) is -1.48. The summed E-state index contributed by atoms with van der Waals surface area (Å²) < 4.78 is 12.5. The summed E-state index contributed by atoms with van der Waals surface area (Å²) in [4.78, 5) is 12.9. The molecule has 0 radical (unpaired) electrons. The number of aliphatic hydroxyl groups is 2. The number of hydrogen-bond donors (Lipinski definition) is 4. The second kappa shape index (κ2) is 7.86. The lowest BCUT2D eigenvalue weighted by molar-refractivity contribution is -0.0383. The summed E-state index contributed by atoms with van der Waals surface area (Å²) in [6, 6.07) is 7.66. The zero-order valence-corrected chi connectivity index (χ0v) is 16.3. The average Bonchev–Trinajstić information content (AvgIpc) is 3.53. The standard InChI is InChI=1S/C18H19N9O4/c1-30-10-4-2-9(3-5-10)6-19-15-11-17(21-7-20-15)27(8-22-11)18-13(29)12(28)14(31-18)16-23-25-26-24-16/h2-5,7-8,12-14,18,28-29H,6H2,1H3,(H,19,20,21)(H,23,24,25,26). The highest BCUT2D eigenvalue weighted by Crippen LogP contribution is 2.38. The maximum absolute atomic E-state index is 10.5. The Kier molecular flexibility index (Phi) is 4.89. The number of H-pyrrole nitrogens is 1. The van der Waals surface area contributed by atoms with E-state index in [4.69, 9.17) is 9.47 Å². The SMILES string of the molecule is COc1ccc(CNc2ncnc3c2ncn3C2OC(c3nn[nH]n3)C(O)C2O)cc1. The monoisotopic (exact) mass is 425 g/mol. The quantitative estimate of drug-likeness (QED) is 0.327. The van der Waals surface area contributed by atoms with Gasteiger partial charge in [-0.3, -0.25) is 4.57 Å². The topological polar surface area (TPSA) is 169 Å². The first-order valence-corrected chi connectivity index (χ1v) is 9.45. The Balaban J connectivity index is 1.39. The molecule has 1 fully saturated rings. The van der Waals surface area contributed by atoms with E-state index in [0.29, 0.717) is 23.5 Å². The number of tetrazole rings is 1. The van der Waals surface area contributed by atoms with Gasteiger partial charge >= 0.3 is 0 Å². The number of aromatic nitrogens is 8. The Morgan fingerprint density at radius 2 is 2.00 bits per heavy atom. The number of methoxy groups -OCH3 is 1. The van der Waals surface area contributed by atoms with E-state index in [-0.39, 0.29) is 5.82 Å². The Hall–Kier alpha value is -3.68. The maximum Gasteiger partial charge on any atom is 0.206 e. The fourth-order valence-electron chi connectivity index (χ4n) is 3.49. The van der Waals surface area contributed by atoms with Gasteiger partial charge in [-0.1, -0.05) is 17.3 Å². The largest absolute Gasteiger partial charge is 0.497 e. The molecule has 0 spiro atoms. The van der Waals surface area contributed by atoms with Crippen molar-refractivity contribution in [2.75, 3.05) is 12.4 Å². The molecular formula is C18H19N9O4. The van der Waals surface area contributed by atoms with Crippen LogP contribution in [0.5, 0.6) is 5.75 Å². The number of aliphatic hydroxyl groups excluding tert-OH is 2. The molecule has 0 bridgehead atoms. The summed E-state index contributed by atoms with van der Waals surface area (Å²) in [5.74, 6) is 1.46. The number of rotatable bonds is 6. The zero-order valence-electron chi connectivity index (χ0n) is 16.3. The molecule has 1 aliphatic heterocycles. The lowest BCUT2D eigenvalue weighted by Gasteiger charge is -2.16. The van der Waals surface area contributed by atoms with Gasteiger partial charge in [-0.25, -0.2) is 15.0 Å². The van der Waals surface area contributed by atoms with E-state index in [2.05, 4.69) is 40.9 Å². The molecule has 5 rings (SSSR count). The molecule has 4 heterocycles. The number of fused-ring (bicyclic) bond motifs is 1. The Morgan fingerprint density at radius 3 is 2.74 bits per heavy atom. The Bertz CT molecular complexity index is 1160. The minimum absolute atomic E-state index is 0.148. The number of nitrogens with zero attached hydrogens (tertiary/aromatic N) is 7. The fraction of sp³-hybridized carbons (Fsp3) is 0.333. The van der Waals surface area contributed by atoms with Crippen LogP contribution < -0.4 is 10.1 Å². The number of ether oxygens (including phenoxy) is 2. The molecule has 1 aliphatic rings. The number of benzene rings is 1. The first-order chi connectivity index (χ1) is 15.2. The van der Waals surface area contributed by atoms with E-state index in [1.807, 2.05) is 24.3 Å². The molecule has 0 aliphatic carbocycles. The van der Waals surface area contributed by atoms with Crippen LogP contribution in [0, 0.1) is 0 Å². The number of hydrogen-bond acceptors (Lipinski definition) is 11. The van der Waals surface area contributed by atoms with Gasteiger partial charge in [0.1, 0.15) is 24.3 Å². The normalized spacial score (nSPS) is 23.3. The molecule has 4 atom stereocenters. The van der Waals surface area contributed by atoms with Crippen LogP contribution in [0.1, 0.15) is 23.7 Å². The number of aromatic amines is 1.